The highest BCUT2D eigenvalue weighted by molar-refractivity contribution is 14.0. The second-order valence-electron chi connectivity index (χ2n) is 6.68. The molecule has 1 aromatic rings. The maximum Gasteiger partial charge on any atom is 0.242 e. The minimum absolute atomic E-state index is 0. The zero-order valence-electron chi connectivity index (χ0n) is 15.9. The van der Waals surface area contributed by atoms with Crippen LogP contribution in [0.15, 0.2) is 35.3 Å². The molecule has 0 heterocycles. The number of guanidine groups is 1. The Balaban J connectivity index is 0.00000576. The minimum atomic E-state index is -0.239. The number of hydrogen-bond donors (Lipinski definition) is 3. The van der Waals surface area contributed by atoms with Gasteiger partial charge in [0.15, 0.2) is 5.96 Å². The number of benzene rings is 1. The van der Waals surface area contributed by atoms with Crippen LogP contribution in [0.5, 0.6) is 0 Å². The van der Waals surface area contributed by atoms with Gasteiger partial charge >= 0.3 is 0 Å². The molecule has 0 aliphatic carbocycles. The first-order valence-electron chi connectivity index (χ1n) is 8.41. The first kappa shape index (κ1) is 23.5. The van der Waals surface area contributed by atoms with Crippen molar-refractivity contribution in [3.05, 3.63) is 30.3 Å². The number of carbonyl (C=O) groups is 1. The van der Waals surface area contributed by atoms with Gasteiger partial charge in [0.2, 0.25) is 5.91 Å². The SMILES string of the molecule is CCNC(=NCC(=O)NC(C)(C)C)NCCN(C)c1ccccc1.I. The van der Waals surface area contributed by atoms with Crippen LogP contribution in [0.3, 0.4) is 0 Å². The van der Waals surface area contributed by atoms with Crippen LogP contribution in [0.4, 0.5) is 5.69 Å². The molecule has 1 amide bonds. The summed E-state index contributed by atoms with van der Waals surface area (Å²) in [5.41, 5.74) is 0.933. The van der Waals surface area contributed by atoms with Gasteiger partial charge in [-0.05, 0) is 39.8 Å². The van der Waals surface area contributed by atoms with Crippen LogP contribution in [0.2, 0.25) is 0 Å². The van der Waals surface area contributed by atoms with Crippen LogP contribution in [0.1, 0.15) is 27.7 Å². The Morgan fingerprint density at radius 1 is 1.16 bits per heavy atom. The normalized spacial score (nSPS) is 11.3. The smallest absolute Gasteiger partial charge is 0.242 e. The number of amides is 1. The zero-order valence-corrected chi connectivity index (χ0v) is 18.3. The Hall–Kier alpha value is -1.51. The van der Waals surface area contributed by atoms with E-state index in [4.69, 9.17) is 0 Å². The summed E-state index contributed by atoms with van der Waals surface area (Å²) in [5.74, 6) is 0.573. The predicted octanol–water partition coefficient (Wildman–Crippen LogP) is 2.21. The largest absolute Gasteiger partial charge is 0.373 e. The van der Waals surface area contributed by atoms with Gasteiger partial charge in [-0.15, -0.1) is 24.0 Å². The lowest BCUT2D eigenvalue weighted by Crippen LogP contribution is -2.44. The fourth-order valence-electron chi connectivity index (χ4n) is 2.10. The molecule has 0 aliphatic heterocycles. The first-order chi connectivity index (χ1) is 11.3. The van der Waals surface area contributed by atoms with Crippen molar-refractivity contribution in [2.24, 2.45) is 4.99 Å². The second kappa shape index (κ2) is 11.9. The fourth-order valence-corrected chi connectivity index (χ4v) is 2.10. The molecule has 1 rings (SSSR count). The minimum Gasteiger partial charge on any atom is -0.373 e. The van der Waals surface area contributed by atoms with Crippen LogP contribution in [-0.2, 0) is 4.79 Å². The number of halogens is 1. The molecule has 142 valence electrons. The van der Waals surface area contributed by atoms with E-state index in [1.165, 1.54) is 5.69 Å². The molecule has 0 fully saturated rings. The molecule has 0 bridgehead atoms. The number of likely N-dealkylation sites (N-methyl/N-ethyl adjacent to an activating group) is 1. The molecule has 0 atom stereocenters. The van der Waals surface area contributed by atoms with Gasteiger partial charge in [0.05, 0.1) is 0 Å². The van der Waals surface area contributed by atoms with Crippen LogP contribution in [0, 0.1) is 0 Å². The van der Waals surface area contributed by atoms with Crippen molar-refractivity contribution in [3.8, 4) is 0 Å². The molecule has 1 aromatic carbocycles. The number of para-hydroxylation sites is 1. The van der Waals surface area contributed by atoms with Crippen LogP contribution in [0.25, 0.3) is 0 Å². The lowest BCUT2D eigenvalue weighted by atomic mass is 10.1. The lowest BCUT2D eigenvalue weighted by molar-refractivity contribution is -0.121. The van der Waals surface area contributed by atoms with Gasteiger partial charge in [0, 0.05) is 37.9 Å². The van der Waals surface area contributed by atoms with Crippen LogP contribution in [-0.4, -0.2) is 50.6 Å². The third kappa shape index (κ3) is 10.9. The van der Waals surface area contributed by atoms with E-state index in [0.717, 1.165) is 19.6 Å². The molecule has 6 nitrogen and oxygen atoms in total. The van der Waals surface area contributed by atoms with Gasteiger partial charge < -0.3 is 20.9 Å². The summed E-state index contributed by atoms with van der Waals surface area (Å²) in [4.78, 5) is 18.4. The Kier molecular flexibility index (Phi) is 11.2. The van der Waals surface area contributed by atoms with E-state index in [1.807, 2.05) is 45.9 Å². The van der Waals surface area contributed by atoms with Gasteiger partial charge in [-0.25, -0.2) is 4.99 Å². The maximum absolute atomic E-state index is 11.9. The molecule has 25 heavy (non-hydrogen) atoms. The summed E-state index contributed by atoms with van der Waals surface area (Å²) in [7, 11) is 2.05. The highest BCUT2D eigenvalue weighted by Gasteiger charge is 2.13. The van der Waals surface area contributed by atoms with Crippen molar-refractivity contribution in [3.63, 3.8) is 0 Å². The van der Waals surface area contributed by atoms with E-state index in [9.17, 15) is 4.79 Å². The molecule has 0 saturated carbocycles. The van der Waals surface area contributed by atoms with E-state index in [-0.39, 0.29) is 42.0 Å². The highest BCUT2D eigenvalue weighted by Crippen LogP contribution is 2.09. The summed E-state index contributed by atoms with van der Waals surface area (Å²) >= 11 is 0. The van der Waals surface area contributed by atoms with E-state index in [2.05, 4.69) is 45.0 Å². The molecule has 7 heteroatoms. The number of nitrogens with zero attached hydrogens (tertiary/aromatic N) is 2. The van der Waals surface area contributed by atoms with Crippen molar-refractivity contribution in [1.82, 2.24) is 16.0 Å². The number of anilines is 1. The Morgan fingerprint density at radius 3 is 2.36 bits per heavy atom. The van der Waals surface area contributed by atoms with Crippen molar-refractivity contribution in [1.29, 1.82) is 0 Å². The topological polar surface area (TPSA) is 68.8 Å². The standard InChI is InChI=1S/C18H31N5O.HI/c1-6-19-17(21-14-16(24)22-18(2,3)4)20-12-13-23(5)15-10-8-7-9-11-15;/h7-11H,6,12-14H2,1-5H3,(H,22,24)(H2,19,20,21);1H. The van der Waals surface area contributed by atoms with E-state index < -0.39 is 0 Å². The van der Waals surface area contributed by atoms with Crippen LogP contribution < -0.4 is 20.9 Å². The van der Waals surface area contributed by atoms with Gasteiger partial charge in [-0.3, -0.25) is 4.79 Å². The Labute approximate surface area is 168 Å². The fraction of sp³-hybridized carbons (Fsp3) is 0.556. The Bertz CT molecular complexity index is 528. The lowest BCUT2D eigenvalue weighted by Gasteiger charge is -2.21. The van der Waals surface area contributed by atoms with E-state index >= 15 is 0 Å². The molecule has 0 radical (unpaired) electrons. The Morgan fingerprint density at radius 2 is 1.80 bits per heavy atom. The van der Waals surface area contributed by atoms with Crippen LogP contribution >= 0.6 is 24.0 Å². The summed E-state index contributed by atoms with van der Waals surface area (Å²) in [6.45, 7) is 10.3. The summed E-state index contributed by atoms with van der Waals surface area (Å²) in [5, 5.41) is 9.31. The summed E-state index contributed by atoms with van der Waals surface area (Å²) in [6, 6.07) is 10.2. The maximum atomic E-state index is 11.9. The number of hydrogen-bond acceptors (Lipinski definition) is 3. The monoisotopic (exact) mass is 461 g/mol. The molecule has 0 aromatic heterocycles. The van der Waals surface area contributed by atoms with Gasteiger partial charge in [0.1, 0.15) is 6.54 Å². The summed E-state index contributed by atoms with van der Waals surface area (Å²) < 4.78 is 0. The summed E-state index contributed by atoms with van der Waals surface area (Å²) in [6.07, 6.45) is 0. The zero-order chi connectivity index (χ0) is 18.0. The van der Waals surface area contributed by atoms with Gasteiger partial charge in [-0.1, -0.05) is 18.2 Å². The van der Waals surface area contributed by atoms with Crippen molar-refractivity contribution in [2.75, 3.05) is 38.1 Å². The number of nitrogens with one attached hydrogen (secondary N) is 3. The third-order valence-electron chi connectivity index (χ3n) is 3.18. The van der Waals surface area contributed by atoms with E-state index in [0.29, 0.717) is 5.96 Å². The second-order valence-corrected chi connectivity index (χ2v) is 6.68. The van der Waals surface area contributed by atoms with E-state index in [1.54, 1.807) is 0 Å². The van der Waals surface area contributed by atoms with Crippen molar-refractivity contribution in [2.45, 2.75) is 33.2 Å². The van der Waals surface area contributed by atoms with Crippen molar-refractivity contribution < 1.29 is 4.79 Å². The number of rotatable bonds is 7. The molecular weight excluding hydrogens is 429 g/mol. The molecule has 0 spiro atoms. The number of carbonyl (C=O) groups excluding carboxylic acids is 1. The highest BCUT2D eigenvalue weighted by atomic mass is 127. The average molecular weight is 461 g/mol. The molecular formula is C18H32IN5O. The molecule has 0 unspecified atom stereocenters. The predicted molar refractivity (Wildman–Crippen MR) is 117 cm³/mol. The average Bonchev–Trinajstić information content (AvgIpc) is 2.51. The van der Waals surface area contributed by atoms with Crippen molar-refractivity contribution >= 4 is 41.5 Å². The first-order valence-corrected chi connectivity index (χ1v) is 8.41. The number of aliphatic imine (C=N–C) groups is 1. The van der Waals surface area contributed by atoms with Gasteiger partial charge in [0.25, 0.3) is 0 Å². The molecule has 0 saturated heterocycles. The quantitative estimate of drug-likeness (QED) is 0.331. The third-order valence-corrected chi connectivity index (χ3v) is 3.18. The van der Waals surface area contributed by atoms with Gasteiger partial charge in [-0.2, -0.15) is 0 Å². The molecule has 0 aliphatic rings. The molecule has 3 N–H and O–H groups in total.